The number of carbonyl (C=O) groups is 1. The third-order valence-corrected chi connectivity index (χ3v) is 2.40. The fraction of sp³-hybridized carbons (Fsp3) is 0.375. The minimum absolute atomic E-state index is 0.358. The van der Waals surface area contributed by atoms with Gasteiger partial charge in [0, 0.05) is 11.3 Å². The maximum absolute atomic E-state index is 10.9. The van der Waals surface area contributed by atoms with E-state index in [-0.39, 0.29) is 5.97 Å². The molecule has 0 radical (unpaired) electrons. The molecule has 1 atom stereocenters. The number of methoxy groups -OCH3 is 1. The van der Waals surface area contributed by atoms with Crippen molar-refractivity contribution >= 4 is 17.3 Å². The van der Waals surface area contributed by atoms with E-state index in [1.807, 2.05) is 17.5 Å². The molecule has 0 aliphatic heterocycles. The summed E-state index contributed by atoms with van der Waals surface area (Å²) in [5.41, 5.74) is 5.55. The smallest absolute Gasteiger partial charge is 0.323 e. The van der Waals surface area contributed by atoms with Gasteiger partial charge in [0.15, 0.2) is 0 Å². The minimum atomic E-state index is -0.534. The molecule has 0 bridgehead atoms. The Hall–Kier alpha value is -0.870. The Labute approximate surface area is 75.1 Å². The number of thiophene rings is 1. The molecule has 0 amide bonds. The van der Waals surface area contributed by atoms with Crippen molar-refractivity contribution < 1.29 is 9.53 Å². The lowest BCUT2D eigenvalue weighted by atomic mass is 10.2. The molecular formula is C8H11NO2S. The molecule has 1 rings (SSSR count). The number of ether oxygens (including phenoxy) is 1. The third-order valence-electron chi connectivity index (χ3n) is 1.51. The highest BCUT2D eigenvalue weighted by molar-refractivity contribution is 7.09. The van der Waals surface area contributed by atoms with Gasteiger partial charge in [-0.15, -0.1) is 11.3 Å². The first-order valence-corrected chi connectivity index (χ1v) is 4.48. The lowest BCUT2D eigenvalue weighted by Crippen LogP contribution is -2.33. The molecule has 0 spiro atoms. The fourth-order valence-corrected chi connectivity index (χ4v) is 1.65. The zero-order valence-corrected chi connectivity index (χ0v) is 7.64. The molecule has 1 aromatic rings. The third kappa shape index (κ3) is 2.32. The predicted octanol–water partition coefficient (Wildman–Crippen LogP) is 0.791. The van der Waals surface area contributed by atoms with Crippen molar-refractivity contribution in [2.24, 2.45) is 5.73 Å². The Balaban J connectivity index is 2.47. The van der Waals surface area contributed by atoms with E-state index < -0.39 is 6.04 Å². The Bertz CT molecular complexity index is 246. The Morgan fingerprint density at radius 2 is 2.58 bits per heavy atom. The molecule has 1 heterocycles. The van der Waals surface area contributed by atoms with Crippen molar-refractivity contribution in [1.29, 1.82) is 0 Å². The molecule has 0 aliphatic carbocycles. The van der Waals surface area contributed by atoms with Gasteiger partial charge in [0.25, 0.3) is 0 Å². The second kappa shape index (κ2) is 4.23. The van der Waals surface area contributed by atoms with Gasteiger partial charge in [-0.2, -0.15) is 0 Å². The van der Waals surface area contributed by atoms with Crippen LogP contribution in [-0.2, 0) is 16.0 Å². The molecule has 0 saturated carbocycles. The van der Waals surface area contributed by atoms with Gasteiger partial charge in [0.2, 0.25) is 0 Å². The second-order valence-electron chi connectivity index (χ2n) is 2.41. The average molecular weight is 185 g/mol. The first-order chi connectivity index (χ1) is 5.74. The van der Waals surface area contributed by atoms with Gasteiger partial charge in [0.1, 0.15) is 6.04 Å². The van der Waals surface area contributed by atoms with Gasteiger partial charge in [-0.1, -0.05) is 6.07 Å². The molecule has 0 fully saturated rings. The first kappa shape index (κ1) is 9.22. The van der Waals surface area contributed by atoms with Crippen LogP contribution in [0.3, 0.4) is 0 Å². The van der Waals surface area contributed by atoms with Crippen LogP contribution in [0, 0.1) is 0 Å². The zero-order valence-electron chi connectivity index (χ0n) is 6.82. The number of carbonyl (C=O) groups excluding carboxylic acids is 1. The summed E-state index contributed by atoms with van der Waals surface area (Å²) in [6.45, 7) is 0. The molecule has 0 aromatic carbocycles. The van der Waals surface area contributed by atoms with Gasteiger partial charge in [0.05, 0.1) is 7.11 Å². The van der Waals surface area contributed by atoms with Crippen molar-refractivity contribution in [1.82, 2.24) is 0 Å². The van der Waals surface area contributed by atoms with E-state index in [4.69, 9.17) is 5.73 Å². The summed E-state index contributed by atoms with van der Waals surface area (Å²) in [5, 5.41) is 1.96. The number of rotatable bonds is 3. The summed E-state index contributed by atoms with van der Waals surface area (Å²) in [6.07, 6.45) is 0.560. The van der Waals surface area contributed by atoms with E-state index >= 15 is 0 Å². The standard InChI is InChI=1S/C8H11NO2S/c1-11-8(10)7(9)5-6-3-2-4-12-6/h2-4,7H,5,9H2,1H3/t7-/m0/s1. The minimum Gasteiger partial charge on any atom is -0.468 e. The van der Waals surface area contributed by atoms with E-state index in [0.29, 0.717) is 6.42 Å². The van der Waals surface area contributed by atoms with Gasteiger partial charge in [-0.05, 0) is 11.4 Å². The summed E-state index contributed by atoms with van der Waals surface area (Å²) in [7, 11) is 1.34. The van der Waals surface area contributed by atoms with E-state index in [9.17, 15) is 4.79 Å². The van der Waals surface area contributed by atoms with Crippen molar-refractivity contribution in [3.8, 4) is 0 Å². The molecule has 1 aromatic heterocycles. The molecule has 0 aliphatic rings. The van der Waals surface area contributed by atoms with Crippen molar-refractivity contribution in [3.63, 3.8) is 0 Å². The maximum atomic E-state index is 10.9. The molecule has 0 unspecified atom stereocenters. The monoisotopic (exact) mass is 185 g/mol. The average Bonchev–Trinajstić information content (AvgIpc) is 2.55. The van der Waals surface area contributed by atoms with Crippen molar-refractivity contribution in [3.05, 3.63) is 22.4 Å². The summed E-state index contributed by atoms with van der Waals surface area (Å²) >= 11 is 1.59. The molecule has 12 heavy (non-hydrogen) atoms. The normalized spacial score (nSPS) is 12.5. The van der Waals surface area contributed by atoms with Crippen LogP contribution in [0.5, 0.6) is 0 Å². The molecular weight excluding hydrogens is 174 g/mol. The zero-order chi connectivity index (χ0) is 8.97. The van der Waals surface area contributed by atoms with Crippen LogP contribution < -0.4 is 5.73 Å². The van der Waals surface area contributed by atoms with E-state index in [1.165, 1.54) is 7.11 Å². The highest BCUT2D eigenvalue weighted by Crippen LogP contribution is 2.10. The van der Waals surface area contributed by atoms with E-state index in [1.54, 1.807) is 11.3 Å². The fourth-order valence-electron chi connectivity index (χ4n) is 0.880. The highest BCUT2D eigenvalue weighted by atomic mass is 32.1. The van der Waals surface area contributed by atoms with Crippen LogP contribution in [0.1, 0.15) is 4.88 Å². The Morgan fingerprint density at radius 1 is 1.83 bits per heavy atom. The van der Waals surface area contributed by atoms with Gasteiger partial charge >= 0.3 is 5.97 Å². The van der Waals surface area contributed by atoms with E-state index in [0.717, 1.165) is 4.88 Å². The van der Waals surface area contributed by atoms with Crippen LogP contribution in [0.15, 0.2) is 17.5 Å². The largest absolute Gasteiger partial charge is 0.468 e. The SMILES string of the molecule is COC(=O)[C@@H](N)Cc1cccs1. The quantitative estimate of drug-likeness (QED) is 0.708. The molecule has 66 valence electrons. The van der Waals surface area contributed by atoms with Crippen LogP contribution >= 0.6 is 11.3 Å². The van der Waals surface area contributed by atoms with Crippen LogP contribution in [0.2, 0.25) is 0 Å². The van der Waals surface area contributed by atoms with Crippen molar-refractivity contribution in [2.45, 2.75) is 12.5 Å². The number of hydrogen-bond acceptors (Lipinski definition) is 4. The second-order valence-corrected chi connectivity index (χ2v) is 3.45. The molecule has 4 heteroatoms. The number of hydrogen-bond donors (Lipinski definition) is 1. The van der Waals surface area contributed by atoms with Crippen LogP contribution in [0.4, 0.5) is 0 Å². The highest BCUT2D eigenvalue weighted by Gasteiger charge is 2.14. The topological polar surface area (TPSA) is 52.3 Å². The molecule has 2 N–H and O–H groups in total. The predicted molar refractivity (Wildman–Crippen MR) is 48.0 cm³/mol. The van der Waals surface area contributed by atoms with Gasteiger partial charge in [-0.25, -0.2) is 0 Å². The Morgan fingerprint density at radius 3 is 3.08 bits per heavy atom. The lowest BCUT2D eigenvalue weighted by molar-refractivity contribution is -0.142. The molecule has 3 nitrogen and oxygen atoms in total. The number of nitrogens with two attached hydrogens (primary N) is 1. The number of esters is 1. The summed E-state index contributed by atoms with van der Waals surface area (Å²) in [5.74, 6) is -0.358. The Kier molecular flexibility index (Phi) is 3.25. The summed E-state index contributed by atoms with van der Waals surface area (Å²) in [4.78, 5) is 12.0. The summed E-state index contributed by atoms with van der Waals surface area (Å²) in [6, 6.07) is 3.35. The summed E-state index contributed by atoms with van der Waals surface area (Å²) < 4.78 is 4.50. The van der Waals surface area contributed by atoms with E-state index in [2.05, 4.69) is 4.74 Å². The van der Waals surface area contributed by atoms with Gasteiger partial charge in [-0.3, -0.25) is 4.79 Å². The van der Waals surface area contributed by atoms with Crippen LogP contribution in [-0.4, -0.2) is 19.1 Å². The van der Waals surface area contributed by atoms with Gasteiger partial charge < -0.3 is 10.5 Å². The first-order valence-electron chi connectivity index (χ1n) is 3.60. The lowest BCUT2D eigenvalue weighted by Gasteiger charge is -2.06. The van der Waals surface area contributed by atoms with Crippen LogP contribution in [0.25, 0.3) is 0 Å². The molecule has 0 saturated heterocycles. The maximum Gasteiger partial charge on any atom is 0.323 e. The van der Waals surface area contributed by atoms with Crippen molar-refractivity contribution in [2.75, 3.05) is 7.11 Å².